The van der Waals surface area contributed by atoms with Crippen LogP contribution in [0.25, 0.3) is 0 Å². The average Bonchev–Trinajstić information content (AvgIpc) is 3.31. The molecule has 4 rings (SSSR count). The highest BCUT2D eigenvalue weighted by Crippen LogP contribution is 2.30. The Kier molecular flexibility index (Phi) is 6.80. The molecule has 0 aromatic heterocycles. The molecule has 174 valence electrons. The Balaban J connectivity index is 1.63. The van der Waals surface area contributed by atoms with Gasteiger partial charge in [-0.2, -0.15) is 5.26 Å². The number of carbonyl (C=O) groups is 1. The largest absolute Gasteiger partial charge is 0.362 e. The lowest BCUT2D eigenvalue weighted by molar-refractivity contribution is 0.0790. The van der Waals surface area contributed by atoms with Gasteiger partial charge in [0.25, 0.3) is 5.91 Å². The van der Waals surface area contributed by atoms with Crippen LogP contribution in [0.3, 0.4) is 0 Å². The molecule has 3 aromatic rings. The fourth-order valence-corrected chi connectivity index (χ4v) is 4.42. The fraction of sp³-hybridized carbons (Fsp3) is 0.231. The van der Waals surface area contributed by atoms with Gasteiger partial charge in [0.1, 0.15) is 11.9 Å². The molecule has 1 aliphatic rings. The van der Waals surface area contributed by atoms with E-state index in [2.05, 4.69) is 0 Å². The summed E-state index contributed by atoms with van der Waals surface area (Å²) in [5, 5.41) is 9.44. The zero-order valence-electron chi connectivity index (χ0n) is 18.4. The maximum atomic E-state index is 14.5. The number of halogens is 4. The van der Waals surface area contributed by atoms with E-state index in [1.807, 2.05) is 11.0 Å². The van der Waals surface area contributed by atoms with Crippen LogP contribution in [0.4, 0.5) is 18.9 Å². The fourth-order valence-electron chi connectivity index (χ4n) is 4.20. The van der Waals surface area contributed by atoms with E-state index < -0.39 is 11.6 Å². The summed E-state index contributed by atoms with van der Waals surface area (Å²) in [5.74, 6) is -2.47. The minimum atomic E-state index is -0.940. The van der Waals surface area contributed by atoms with Crippen LogP contribution in [0.2, 0.25) is 5.02 Å². The molecule has 0 radical (unpaired) electrons. The number of nitrogens with zero attached hydrogens (tertiary/aromatic N) is 3. The van der Waals surface area contributed by atoms with Crippen molar-refractivity contribution >= 4 is 23.2 Å². The molecule has 1 heterocycles. The second kappa shape index (κ2) is 9.78. The quantitative estimate of drug-likeness (QED) is 0.457. The van der Waals surface area contributed by atoms with Crippen LogP contribution in [0.5, 0.6) is 0 Å². The van der Waals surface area contributed by atoms with Crippen LogP contribution < -0.4 is 4.90 Å². The summed E-state index contributed by atoms with van der Waals surface area (Å²) < 4.78 is 42.0. The number of anilines is 1. The summed E-state index contributed by atoms with van der Waals surface area (Å²) in [7, 11) is 0. The second-order valence-corrected chi connectivity index (χ2v) is 8.68. The van der Waals surface area contributed by atoms with Crippen molar-refractivity contribution in [3.05, 3.63) is 99.3 Å². The topological polar surface area (TPSA) is 47.3 Å². The van der Waals surface area contributed by atoms with E-state index in [-0.39, 0.29) is 34.9 Å². The van der Waals surface area contributed by atoms with Gasteiger partial charge in [-0.15, -0.1) is 0 Å². The van der Waals surface area contributed by atoms with Crippen LogP contribution in [-0.2, 0) is 6.54 Å². The summed E-state index contributed by atoms with van der Waals surface area (Å²) in [6, 6.07) is 14.9. The zero-order valence-corrected chi connectivity index (χ0v) is 19.1. The molecule has 3 aromatic carbocycles. The monoisotopic (exact) mass is 483 g/mol. The Labute approximate surface area is 200 Å². The number of likely N-dealkylation sites (tertiary alicyclic amines) is 1. The number of hydrogen-bond acceptors (Lipinski definition) is 3. The Hall–Kier alpha value is -3.50. The predicted molar refractivity (Wildman–Crippen MR) is 124 cm³/mol. The van der Waals surface area contributed by atoms with Gasteiger partial charge in [0.15, 0.2) is 11.6 Å². The standard InChI is InChI=1S/C26H21ClF3N3O/c1-16-11-17(6-8-23(16)28)26(34)32-10-9-21(15-32)33(14-19-3-2-4-24(29)25(19)30)20-7-5-18(13-31)22(27)12-20/h2-8,11-12,21H,9-10,14-15H2,1H3/t21-/m0/s1. The minimum absolute atomic E-state index is 0.0498. The Morgan fingerprint density at radius 2 is 1.94 bits per heavy atom. The van der Waals surface area contributed by atoms with Crippen molar-refractivity contribution in [2.24, 2.45) is 0 Å². The number of amides is 1. The highest BCUT2D eigenvalue weighted by Gasteiger charge is 2.32. The van der Waals surface area contributed by atoms with E-state index in [0.717, 1.165) is 6.07 Å². The van der Waals surface area contributed by atoms with Gasteiger partial charge in [-0.1, -0.05) is 23.7 Å². The van der Waals surface area contributed by atoms with Gasteiger partial charge >= 0.3 is 0 Å². The Morgan fingerprint density at radius 1 is 1.15 bits per heavy atom. The van der Waals surface area contributed by atoms with Gasteiger partial charge in [0.05, 0.1) is 10.6 Å². The molecule has 0 spiro atoms. The van der Waals surface area contributed by atoms with Crippen molar-refractivity contribution in [1.82, 2.24) is 4.90 Å². The highest BCUT2D eigenvalue weighted by molar-refractivity contribution is 6.32. The number of nitriles is 1. The van der Waals surface area contributed by atoms with Crippen LogP contribution in [0.15, 0.2) is 54.6 Å². The van der Waals surface area contributed by atoms with Crippen molar-refractivity contribution < 1.29 is 18.0 Å². The maximum Gasteiger partial charge on any atom is 0.253 e. The number of carbonyl (C=O) groups excluding carboxylic acids is 1. The van der Waals surface area contributed by atoms with Crippen LogP contribution in [0, 0.1) is 35.7 Å². The molecule has 4 nitrogen and oxygen atoms in total. The summed E-state index contributed by atoms with van der Waals surface area (Å²) in [6.45, 7) is 2.44. The summed E-state index contributed by atoms with van der Waals surface area (Å²) in [6.07, 6.45) is 0.584. The first kappa shape index (κ1) is 23.7. The molecular formula is C26H21ClF3N3O. The van der Waals surface area contributed by atoms with Crippen molar-refractivity contribution in [1.29, 1.82) is 5.26 Å². The number of rotatable bonds is 5. The molecule has 1 aliphatic heterocycles. The van der Waals surface area contributed by atoms with E-state index in [0.29, 0.717) is 41.9 Å². The number of aryl methyl sites for hydroxylation is 1. The van der Waals surface area contributed by atoms with Gasteiger partial charge in [0, 0.05) is 42.5 Å². The Morgan fingerprint density at radius 3 is 2.65 bits per heavy atom. The van der Waals surface area contributed by atoms with E-state index in [4.69, 9.17) is 11.6 Å². The summed E-state index contributed by atoms with van der Waals surface area (Å²) >= 11 is 6.25. The van der Waals surface area contributed by atoms with Crippen molar-refractivity contribution in [2.75, 3.05) is 18.0 Å². The molecule has 0 saturated carbocycles. The number of benzene rings is 3. The van der Waals surface area contributed by atoms with Gasteiger partial charge in [-0.05, 0) is 61.4 Å². The van der Waals surface area contributed by atoms with Crippen LogP contribution >= 0.6 is 11.6 Å². The van der Waals surface area contributed by atoms with Crippen LogP contribution in [-0.4, -0.2) is 29.9 Å². The van der Waals surface area contributed by atoms with Crippen molar-refractivity contribution in [3.63, 3.8) is 0 Å². The molecular weight excluding hydrogens is 463 g/mol. The summed E-state index contributed by atoms with van der Waals surface area (Å²) in [5.41, 5.74) is 1.88. The first-order valence-corrected chi connectivity index (χ1v) is 11.1. The third-order valence-electron chi connectivity index (χ3n) is 6.07. The van der Waals surface area contributed by atoms with Gasteiger partial charge in [-0.3, -0.25) is 4.79 Å². The van der Waals surface area contributed by atoms with E-state index in [1.54, 1.807) is 30.0 Å². The molecule has 1 fully saturated rings. The molecule has 34 heavy (non-hydrogen) atoms. The number of hydrogen-bond donors (Lipinski definition) is 0. The molecule has 0 aliphatic carbocycles. The highest BCUT2D eigenvalue weighted by atomic mass is 35.5. The Bertz CT molecular complexity index is 1290. The molecule has 1 saturated heterocycles. The molecule has 0 bridgehead atoms. The second-order valence-electron chi connectivity index (χ2n) is 8.27. The first-order chi connectivity index (χ1) is 16.3. The van der Waals surface area contributed by atoms with E-state index in [1.165, 1.54) is 30.3 Å². The molecule has 1 amide bonds. The first-order valence-electron chi connectivity index (χ1n) is 10.7. The van der Waals surface area contributed by atoms with Crippen molar-refractivity contribution in [3.8, 4) is 6.07 Å². The molecule has 0 N–H and O–H groups in total. The van der Waals surface area contributed by atoms with Gasteiger partial charge < -0.3 is 9.80 Å². The normalized spacial score (nSPS) is 15.3. The maximum absolute atomic E-state index is 14.5. The average molecular weight is 484 g/mol. The van der Waals surface area contributed by atoms with Crippen LogP contribution in [0.1, 0.15) is 33.5 Å². The zero-order chi connectivity index (χ0) is 24.4. The molecule has 0 unspecified atom stereocenters. The smallest absolute Gasteiger partial charge is 0.253 e. The van der Waals surface area contributed by atoms with E-state index in [9.17, 15) is 23.2 Å². The summed E-state index contributed by atoms with van der Waals surface area (Å²) in [4.78, 5) is 16.6. The van der Waals surface area contributed by atoms with Crippen molar-refractivity contribution in [2.45, 2.75) is 25.9 Å². The van der Waals surface area contributed by atoms with Gasteiger partial charge in [0.2, 0.25) is 0 Å². The molecule has 8 heteroatoms. The predicted octanol–water partition coefficient (Wildman–Crippen LogP) is 5.86. The lowest BCUT2D eigenvalue weighted by Gasteiger charge is -2.32. The van der Waals surface area contributed by atoms with E-state index >= 15 is 0 Å². The van der Waals surface area contributed by atoms with Gasteiger partial charge in [-0.25, -0.2) is 13.2 Å². The molecule has 1 atom stereocenters. The lowest BCUT2D eigenvalue weighted by Crippen LogP contribution is -2.39. The lowest BCUT2D eigenvalue weighted by atomic mass is 10.1. The third-order valence-corrected chi connectivity index (χ3v) is 6.39. The minimum Gasteiger partial charge on any atom is -0.362 e. The third kappa shape index (κ3) is 4.73. The SMILES string of the molecule is Cc1cc(C(=O)N2CC[C@H](N(Cc3cccc(F)c3F)c3ccc(C#N)c(Cl)c3)C2)ccc1F.